The number of hydrogen-bond acceptors (Lipinski definition) is 11. The number of phenolic OH excluding ortho intramolecular Hbond substituents is 2. The second-order valence-electron chi connectivity index (χ2n) is 10.3. The van der Waals surface area contributed by atoms with Gasteiger partial charge in [0.25, 0.3) is 0 Å². The van der Waals surface area contributed by atoms with Gasteiger partial charge in [-0.05, 0) is 19.4 Å². The highest BCUT2D eigenvalue weighted by molar-refractivity contribution is 6.32. The van der Waals surface area contributed by atoms with Crippen molar-refractivity contribution >= 4 is 11.5 Å². The lowest BCUT2D eigenvalue weighted by Gasteiger charge is -2.43. The number of aliphatic hydroxyl groups excluding tert-OH is 2. The van der Waals surface area contributed by atoms with Gasteiger partial charge in [0.1, 0.15) is 17.2 Å². The molecule has 8 N–H and O–H groups in total. The lowest BCUT2D eigenvalue weighted by atomic mass is 9.72. The predicted octanol–water partition coefficient (Wildman–Crippen LogP) is 1.01. The van der Waals surface area contributed by atoms with E-state index < -0.39 is 53.5 Å². The van der Waals surface area contributed by atoms with Crippen LogP contribution < -0.4 is 10.5 Å². The van der Waals surface area contributed by atoms with Gasteiger partial charge in [0, 0.05) is 48.6 Å². The summed E-state index contributed by atoms with van der Waals surface area (Å²) in [7, 11) is 1.39. The molecule has 0 radical (unpaired) electrons. The third-order valence-electron chi connectivity index (χ3n) is 7.85. The fourth-order valence-corrected chi connectivity index (χ4v) is 5.91. The number of fused-ring (bicyclic) bond motifs is 3. The van der Waals surface area contributed by atoms with E-state index in [0.717, 1.165) is 0 Å². The Hall–Kier alpha value is -3.06. The highest BCUT2D eigenvalue weighted by Crippen LogP contribution is 2.52. The predicted molar refractivity (Wildman–Crippen MR) is 134 cm³/mol. The van der Waals surface area contributed by atoms with E-state index in [1.54, 1.807) is 25.1 Å². The molecule has 6 atom stereocenters. The standard InChI is InChI=1S/C27H32N2O9/c1-11-23(31)14(28)8-17(37-11)38-16-10-27(35,6-7-30)9-13-19(16)26(34)21-20(24(13)32)22(29)12-4-3-5-15(36-2)18(12)25(21)33/h3-5,11,14,16-17,23,29-32,34-35H,6-10,28H2,1-2H3/t11-,14-,16-,17-,23+,27-/m0/s1. The molecule has 0 amide bonds. The van der Waals surface area contributed by atoms with Gasteiger partial charge in [0.2, 0.25) is 5.78 Å². The molecule has 2 aromatic carbocycles. The van der Waals surface area contributed by atoms with Crippen molar-refractivity contribution in [3.8, 4) is 17.2 Å². The van der Waals surface area contributed by atoms with E-state index in [1.165, 1.54) is 7.11 Å². The third kappa shape index (κ3) is 4.06. The summed E-state index contributed by atoms with van der Waals surface area (Å²) in [5, 5.41) is 62.9. The molecule has 204 valence electrons. The highest BCUT2D eigenvalue weighted by Gasteiger charge is 2.47. The average Bonchev–Trinajstić information content (AvgIpc) is 2.87. The van der Waals surface area contributed by atoms with Crippen LogP contribution >= 0.6 is 0 Å². The van der Waals surface area contributed by atoms with Crippen molar-refractivity contribution in [2.75, 3.05) is 13.7 Å². The number of carbonyl (C=O) groups is 1. The molecule has 11 heteroatoms. The van der Waals surface area contributed by atoms with Crippen molar-refractivity contribution in [1.29, 1.82) is 5.41 Å². The van der Waals surface area contributed by atoms with Crippen LogP contribution in [0.1, 0.15) is 70.5 Å². The molecule has 3 aliphatic rings. The Kier molecular flexibility index (Phi) is 6.70. The monoisotopic (exact) mass is 528 g/mol. The van der Waals surface area contributed by atoms with Crippen molar-refractivity contribution in [3.63, 3.8) is 0 Å². The number of rotatable bonds is 5. The lowest BCUT2D eigenvalue weighted by Crippen LogP contribution is -2.52. The van der Waals surface area contributed by atoms with E-state index >= 15 is 0 Å². The van der Waals surface area contributed by atoms with E-state index in [-0.39, 0.29) is 77.1 Å². The van der Waals surface area contributed by atoms with Gasteiger partial charge in [-0.25, -0.2) is 0 Å². The second kappa shape index (κ2) is 9.60. The van der Waals surface area contributed by atoms with Crippen LogP contribution in [-0.2, 0) is 15.9 Å². The first kappa shape index (κ1) is 26.5. The molecule has 5 rings (SSSR count). The van der Waals surface area contributed by atoms with Gasteiger partial charge in [-0.1, -0.05) is 12.1 Å². The van der Waals surface area contributed by atoms with E-state index in [4.69, 9.17) is 25.4 Å². The number of methoxy groups -OCH3 is 1. The molecule has 1 heterocycles. The topological polar surface area (TPSA) is 196 Å². The summed E-state index contributed by atoms with van der Waals surface area (Å²) in [6, 6.07) is 4.12. The Morgan fingerprint density at radius 3 is 2.61 bits per heavy atom. The molecule has 0 bridgehead atoms. The number of aromatic hydroxyl groups is 2. The van der Waals surface area contributed by atoms with Crippen molar-refractivity contribution in [3.05, 3.63) is 51.6 Å². The van der Waals surface area contributed by atoms with Crippen LogP contribution in [0.5, 0.6) is 17.2 Å². The highest BCUT2D eigenvalue weighted by atomic mass is 16.7. The van der Waals surface area contributed by atoms with Crippen LogP contribution in [0, 0.1) is 5.41 Å². The zero-order valence-electron chi connectivity index (χ0n) is 21.1. The Morgan fingerprint density at radius 1 is 1.21 bits per heavy atom. The number of ketones is 1. The Balaban J connectivity index is 1.66. The minimum atomic E-state index is -1.52. The number of carbonyl (C=O) groups excluding carboxylic acids is 1. The molecule has 0 spiro atoms. The Morgan fingerprint density at radius 2 is 1.95 bits per heavy atom. The van der Waals surface area contributed by atoms with Crippen LogP contribution in [0.4, 0.5) is 0 Å². The van der Waals surface area contributed by atoms with Crippen LogP contribution in [0.15, 0.2) is 18.2 Å². The average molecular weight is 529 g/mol. The largest absolute Gasteiger partial charge is 0.507 e. The number of phenols is 2. The Labute approximate surface area is 218 Å². The number of nitrogens with one attached hydrogen (secondary N) is 1. The molecule has 1 aliphatic heterocycles. The molecule has 1 fully saturated rings. The molecule has 1 saturated heterocycles. The van der Waals surface area contributed by atoms with Crippen LogP contribution in [-0.4, -0.2) is 80.9 Å². The molecule has 11 nitrogen and oxygen atoms in total. The molecule has 0 aromatic heterocycles. The maximum atomic E-state index is 13.7. The van der Waals surface area contributed by atoms with Crippen molar-refractivity contribution < 1.29 is 44.5 Å². The molecular weight excluding hydrogens is 496 g/mol. The van der Waals surface area contributed by atoms with Crippen molar-refractivity contribution in [2.45, 2.75) is 68.9 Å². The minimum absolute atomic E-state index is 0.0415. The zero-order valence-corrected chi connectivity index (χ0v) is 21.1. The summed E-state index contributed by atoms with van der Waals surface area (Å²) in [6.07, 6.45) is -3.66. The van der Waals surface area contributed by atoms with E-state index in [2.05, 4.69) is 0 Å². The smallest absolute Gasteiger partial charge is 0.202 e. The summed E-state index contributed by atoms with van der Waals surface area (Å²) >= 11 is 0. The fourth-order valence-electron chi connectivity index (χ4n) is 5.91. The number of benzene rings is 2. The summed E-state index contributed by atoms with van der Waals surface area (Å²) in [4.78, 5) is 13.7. The third-order valence-corrected chi connectivity index (χ3v) is 7.85. The van der Waals surface area contributed by atoms with Gasteiger partial charge in [0.05, 0.1) is 53.4 Å². The van der Waals surface area contributed by atoms with Crippen molar-refractivity contribution in [2.24, 2.45) is 5.73 Å². The minimum Gasteiger partial charge on any atom is -0.507 e. The molecule has 0 saturated carbocycles. The van der Waals surface area contributed by atoms with E-state index in [1.807, 2.05) is 0 Å². The lowest BCUT2D eigenvalue weighted by molar-refractivity contribution is -0.248. The van der Waals surface area contributed by atoms with Crippen LogP contribution in [0.25, 0.3) is 0 Å². The maximum Gasteiger partial charge on any atom is 0.202 e. The second-order valence-corrected chi connectivity index (χ2v) is 10.3. The number of nitrogens with two attached hydrogens (primary N) is 1. The first-order valence-corrected chi connectivity index (χ1v) is 12.5. The van der Waals surface area contributed by atoms with Crippen LogP contribution in [0.3, 0.4) is 0 Å². The van der Waals surface area contributed by atoms with Gasteiger partial charge in [-0.15, -0.1) is 0 Å². The van der Waals surface area contributed by atoms with E-state index in [9.17, 15) is 30.3 Å². The van der Waals surface area contributed by atoms with Crippen LogP contribution in [0.2, 0.25) is 0 Å². The molecule has 2 aromatic rings. The zero-order chi connectivity index (χ0) is 27.5. The fraction of sp³-hybridized carbons (Fsp3) is 0.481. The normalized spacial score (nSPS) is 30.4. The van der Waals surface area contributed by atoms with E-state index in [0.29, 0.717) is 0 Å². The van der Waals surface area contributed by atoms with Gasteiger partial charge in [-0.3, -0.25) is 10.2 Å². The summed E-state index contributed by atoms with van der Waals surface area (Å²) in [5.74, 6) is -1.29. The SMILES string of the molecule is COc1cccc2c1C(=O)c1c(O)c3c(c(O)c1C2=N)C[C@@](O)(CCO)C[C@@H]3O[C@H]1C[C@H](N)[C@H](O)[C@H](C)O1. The Bertz CT molecular complexity index is 1300. The number of ether oxygens (including phenoxy) is 3. The van der Waals surface area contributed by atoms with Gasteiger partial charge < -0.3 is 45.5 Å². The summed E-state index contributed by atoms with van der Waals surface area (Å²) in [6.45, 7) is 1.30. The van der Waals surface area contributed by atoms with Gasteiger partial charge >= 0.3 is 0 Å². The quantitative estimate of drug-likeness (QED) is 0.235. The first-order chi connectivity index (χ1) is 18.0. The molecular formula is C27H32N2O9. The number of hydrogen-bond donors (Lipinski definition) is 7. The van der Waals surface area contributed by atoms with Gasteiger partial charge in [0.15, 0.2) is 6.29 Å². The first-order valence-electron chi connectivity index (χ1n) is 12.5. The van der Waals surface area contributed by atoms with Gasteiger partial charge in [-0.2, -0.15) is 0 Å². The van der Waals surface area contributed by atoms with Crippen molar-refractivity contribution in [1.82, 2.24) is 0 Å². The number of aliphatic hydroxyl groups is 3. The summed E-state index contributed by atoms with van der Waals surface area (Å²) in [5.41, 5.74) is 4.50. The molecule has 2 aliphatic carbocycles. The maximum absolute atomic E-state index is 13.7. The molecule has 38 heavy (non-hydrogen) atoms. The summed E-state index contributed by atoms with van der Waals surface area (Å²) < 4.78 is 17.3. The molecule has 0 unspecified atom stereocenters.